The zero-order valence-electron chi connectivity index (χ0n) is 16.7. The molecule has 3 aromatic rings. The fourth-order valence-corrected chi connectivity index (χ4v) is 3.73. The predicted octanol–water partition coefficient (Wildman–Crippen LogP) is 5.04. The maximum absolute atomic E-state index is 13.5. The Hall–Kier alpha value is -3.58. The van der Waals surface area contributed by atoms with E-state index in [0.29, 0.717) is 35.7 Å². The summed E-state index contributed by atoms with van der Waals surface area (Å²) in [6, 6.07) is 18.3. The average Bonchev–Trinajstić information content (AvgIpc) is 3.24. The highest BCUT2D eigenvalue weighted by Gasteiger charge is 2.40. The summed E-state index contributed by atoms with van der Waals surface area (Å²) in [5.74, 6) is -0.616. The minimum Gasteiger partial charge on any atom is -0.457 e. The number of carbonyl (C=O) groups excluding carboxylic acids is 2. The van der Waals surface area contributed by atoms with Crippen molar-refractivity contribution in [1.82, 2.24) is 4.90 Å². The number of hydrogen-bond donors (Lipinski definition) is 0. The van der Waals surface area contributed by atoms with Crippen LogP contribution in [0.3, 0.4) is 0 Å². The van der Waals surface area contributed by atoms with Gasteiger partial charge >= 0.3 is 0 Å². The predicted molar refractivity (Wildman–Crippen MR) is 121 cm³/mol. The third-order valence-electron chi connectivity index (χ3n) is 4.82. The van der Waals surface area contributed by atoms with E-state index < -0.39 is 11.8 Å². The van der Waals surface area contributed by atoms with Crippen LogP contribution in [0.2, 0.25) is 0 Å². The summed E-state index contributed by atoms with van der Waals surface area (Å²) in [6.45, 7) is 2.32. The quantitative estimate of drug-likeness (QED) is 0.321. The molecule has 1 aromatic heterocycles. The summed E-state index contributed by atoms with van der Waals surface area (Å²) < 4.78 is 19.3. The van der Waals surface area contributed by atoms with Gasteiger partial charge in [0.2, 0.25) is 0 Å². The molecule has 0 bridgehead atoms. The van der Waals surface area contributed by atoms with E-state index >= 15 is 0 Å². The summed E-state index contributed by atoms with van der Waals surface area (Å²) in [5, 5.41) is 0.153. The zero-order chi connectivity index (χ0) is 22.0. The van der Waals surface area contributed by atoms with Crippen molar-refractivity contribution >= 4 is 40.9 Å². The lowest BCUT2D eigenvalue weighted by Gasteiger charge is -2.36. The summed E-state index contributed by atoms with van der Waals surface area (Å²) in [7, 11) is 0. The summed E-state index contributed by atoms with van der Waals surface area (Å²) in [6.07, 6.45) is 2.09. The Morgan fingerprint density at radius 1 is 1.00 bits per heavy atom. The Balaban J connectivity index is 1.73. The molecule has 2 heterocycles. The molecule has 1 fully saturated rings. The molecule has 0 N–H and O–H groups in total. The molecule has 1 saturated heterocycles. The number of furan rings is 1. The van der Waals surface area contributed by atoms with E-state index in [2.05, 4.69) is 0 Å². The SMILES string of the molecule is CCCN1C(=O)/C(=C\c2ccc(-c3cccc(F)c3)o2)C(=O)N(c2ccccc2)C1=S. The highest BCUT2D eigenvalue weighted by atomic mass is 32.1. The Bertz CT molecular complexity index is 1190. The Morgan fingerprint density at radius 3 is 2.48 bits per heavy atom. The van der Waals surface area contributed by atoms with Gasteiger partial charge in [-0.1, -0.05) is 37.3 Å². The molecule has 0 spiro atoms. The van der Waals surface area contributed by atoms with Crippen LogP contribution >= 0.6 is 12.2 Å². The van der Waals surface area contributed by atoms with Gasteiger partial charge < -0.3 is 4.42 Å². The highest BCUT2D eigenvalue weighted by Crippen LogP contribution is 2.28. The first kappa shape index (κ1) is 20.7. The Morgan fingerprint density at radius 2 is 1.77 bits per heavy atom. The van der Waals surface area contributed by atoms with Crippen molar-refractivity contribution in [2.75, 3.05) is 11.4 Å². The number of benzene rings is 2. The number of halogens is 1. The van der Waals surface area contributed by atoms with E-state index in [9.17, 15) is 14.0 Å². The molecule has 4 rings (SSSR count). The van der Waals surface area contributed by atoms with Crippen molar-refractivity contribution in [2.45, 2.75) is 13.3 Å². The van der Waals surface area contributed by atoms with E-state index in [1.54, 1.807) is 48.5 Å². The number of carbonyl (C=O) groups is 2. The van der Waals surface area contributed by atoms with Crippen molar-refractivity contribution in [2.24, 2.45) is 0 Å². The molecular weight excluding hydrogens is 415 g/mol. The minimum absolute atomic E-state index is 0.0500. The minimum atomic E-state index is -0.516. The number of rotatable bonds is 5. The van der Waals surface area contributed by atoms with Gasteiger partial charge in [0.1, 0.15) is 22.9 Å². The molecule has 7 heteroatoms. The average molecular weight is 434 g/mol. The number of nitrogens with zero attached hydrogens (tertiary/aromatic N) is 2. The van der Waals surface area contributed by atoms with Crippen LogP contribution in [0.25, 0.3) is 17.4 Å². The molecule has 31 heavy (non-hydrogen) atoms. The smallest absolute Gasteiger partial charge is 0.270 e. The second-order valence-corrected chi connectivity index (χ2v) is 7.35. The van der Waals surface area contributed by atoms with Crippen LogP contribution in [0, 0.1) is 5.82 Å². The number of amides is 2. The molecule has 2 amide bonds. The van der Waals surface area contributed by atoms with E-state index in [4.69, 9.17) is 16.6 Å². The maximum atomic E-state index is 13.5. The normalized spacial score (nSPS) is 15.8. The van der Waals surface area contributed by atoms with Crippen LogP contribution in [-0.2, 0) is 9.59 Å². The summed E-state index contributed by atoms with van der Waals surface area (Å²) in [4.78, 5) is 29.1. The second-order valence-electron chi connectivity index (χ2n) is 6.99. The first-order chi connectivity index (χ1) is 15.0. The zero-order valence-corrected chi connectivity index (χ0v) is 17.6. The lowest BCUT2D eigenvalue weighted by molar-refractivity contribution is -0.127. The summed E-state index contributed by atoms with van der Waals surface area (Å²) >= 11 is 5.47. The first-order valence-electron chi connectivity index (χ1n) is 9.82. The van der Waals surface area contributed by atoms with Crippen molar-refractivity contribution in [1.29, 1.82) is 0 Å². The third kappa shape index (κ3) is 4.04. The molecule has 1 aliphatic rings. The molecular formula is C24H19FN2O3S. The topological polar surface area (TPSA) is 53.8 Å². The Labute approximate surface area is 184 Å². The van der Waals surface area contributed by atoms with Crippen LogP contribution in [0.1, 0.15) is 19.1 Å². The lowest BCUT2D eigenvalue weighted by Crippen LogP contribution is -2.56. The second kappa shape index (κ2) is 8.65. The van der Waals surface area contributed by atoms with E-state index in [-0.39, 0.29) is 16.5 Å². The van der Waals surface area contributed by atoms with Crippen LogP contribution in [0.4, 0.5) is 10.1 Å². The fraction of sp³-hybridized carbons (Fsp3) is 0.125. The molecule has 2 aromatic carbocycles. The van der Waals surface area contributed by atoms with Gasteiger partial charge in [0.05, 0.1) is 5.69 Å². The summed E-state index contributed by atoms with van der Waals surface area (Å²) in [5.41, 5.74) is 1.09. The highest BCUT2D eigenvalue weighted by molar-refractivity contribution is 7.80. The molecule has 0 atom stereocenters. The Kier molecular flexibility index (Phi) is 5.77. The van der Waals surface area contributed by atoms with Crippen LogP contribution in [-0.4, -0.2) is 28.4 Å². The monoisotopic (exact) mass is 434 g/mol. The van der Waals surface area contributed by atoms with Crippen LogP contribution in [0.5, 0.6) is 0 Å². The van der Waals surface area contributed by atoms with Crippen molar-refractivity contribution in [3.8, 4) is 11.3 Å². The fourth-order valence-electron chi connectivity index (χ4n) is 3.37. The van der Waals surface area contributed by atoms with E-state index in [1.807, 2.05) is 13.0 Å². The molecule has 1 aliphatic heterocycles. The van der Waals surface area contributed by atoms with Gasteiger partial charge in [0.25, 0.3) is 11.8 Å². The first-order valence-corrected chi connectivity index (χ1v) is 10.2. The maximum Gasteiger partial charge on any atom is 0.270 e. The largest absolute Gasteiger partial charge is 0.457 e. The molecule has 0 saturated carbocycles. The van der Waals surface area contributed by atoms with Crippen LogP contribution < -0.4 is 4.90 Å². The van der Waals surface area contributed by atoms with Gasteiger partial charge in [0, 0.05) is 12.1 Å². The molecule has 156 valence electrons. The number of para-hydroxylation sites is 1. The molecule has 0 radical (unpaired) electrons. The third-order valence-corrected chi connectivity index (χ3v) is 5.22. The number of anilines is 1. The van der Waals surface area contributed by atoms with Gasteiger partial charge in [0.15, 0.2) is 5.11 Å². The lowest BCUT2D eigenvalue weighted by atomic mass is 10.1. The standard InChI is InChI=1S/C24H19FN2O3S/c1-2-13-26-22(28)20(23(29)27(24(26)31)18-9-4-3-5-10-18)15-19-11-12-21(30-19)16-7-6-8-17(25)14-16/h3-12,14-15H,2,13H2,1H3/b20-15+. The molecule has 0 unspecified atom stereocenters. The van der Waals surface area contributed by atoms with Gasteiger partial charge in [-0.3, -0.25) is 19.4 Å². The van der Waals surface area contributed by atoms with E-state index in [1.165, 1.54) is 28.0 Å². The van der Waals surface area contributed by atoms with Crippen molar-refractivity contribution in [3.63, 3.8) is 0 Å². The van der Waals surface area contributed by atoms with Crippen LogP contribution in [0.15, 0.2) is 76.7 Å². The van der Waals surface area contributed by atoms with Gasteiger partial charge in [-0.2, -0.15) is 0 Å². The van der Waals surface area contributed by atoms with E-state index in [0.717, 1.165) is 0 Å². The molecule has 5 nitrogen and oxygen atoms in total. The molecule has 0 aliphatic carbocycles. The van der Waals surface area contributed by atoms with Gasteiger partial charge in [-0.15, -0.1) is 0 Å². The number of hydrogen-bond acceptors (Lipinski definition) is 4. The number of thiocarbonyl (C=S) groups is 1. The van der Waals surface area contributed by atoms with Gasteiger partial charge in [-0.05, 0) is 61.1 Å². The van der Waals surface area contributed by atoms with Crippen molar-refractivity contribution in [3.05, 3.63) is 83.9 Å². The van der Waals surface area contributed by atoms with Crippen molar-refractivity contribution < 1.29 is 18.4 Å². The van der Waals surface area contributed by atoms with Gasteiger partial charge in [-0.25, -0.2) is 4.39 Å².